The van der Waals surface area contributed by atoms with Gasteiger partial charge < -0.3 is 70.2 Å². The van der Waals surface area contributed by atoms with Crippen LogP contribution in [0.4, 0.5) is 0 Å². The minimum atomic E-state index is -1.66. The van der Waals surface area contributed by atoms with Crippen molar-refractivity contribution < 1.29 is 53.1 Å². The van der Waals surface area contributed by atoms with Gasteiger partial charge in [-0.25, -0.2) is 0 Å². The molecule has 10 amide bonds. The third kappa shape index (κ3) is 18.5. The van der Waals surface area contributed by atoms with Crippen LogP contribution in [-0.4, -0.2) is 149 Å². The number of carbonyl (C=O) groups is 10. The summed E-state index contributed by atoms with van der Waals surface area (Å²) in [6, 6.07) is 5.60. The minimum absolute atomic E-state index is 0.0150. The average Bonchev–Trinajstić information content (AvgIpc) is 3.83. The van der Waals surface area contributed by atoms with Crippen molar-refractivity contribution in [2.45, 2.75) is 107 Å². The molecule has 4 rings (SSSR count). The molecule has 25 heteroatoms. The number of rotatable bonds is 18. The molecule has 0 saturated carbocycles. The molecule has 0 radical (unpaired) electrons. The second-order valence-corrected chi connectivity index (χ2v) is 19.4. The van der Waals surface area contributed by atoms with Crippen molar-refractivity contribution in [3.63, 3.8) is 0 Å². The van der Waals surface area contributed by atoms with E-state index in [1.807, 2.05) is 0 Å². The third-order valence-corrected chi connectivity index (χ3v) is 13.7. The summed E-state index contributed by atoms with van der Waals surface area (Å²) in [7, 11) is 2.27. The predicted octanol–water partition coefficient (Wildman–Crippen LogP) is -3.18. The van der Waals surface area contributed by atoms with Gasteiger partial charge in [0.1, 0.15) is 48.0 Å². The summed E-state index contributed by atoms with van der Waals surface area (Å²) in [6.45, 7) is -0.104. The Morgan fingerprint density at radius 3 is 1.97 bits per heavy atom. The highest BCUT2D eigenvalue weighted by Crippen LogP contribution is 2.26. The molecule has 0 spiro atoms. The summed E-state index contributed by atoms with van der Waals surface area (Å²) in [5.74, 6) is -7.81. The van der Waals surface area contributed by atoms with E-state index in [1.165, 1.54) is 27.8 Å². The van der Waals surface area contributed by atoms with E-state index in [4.69, 9.17) is 22.9 Å². The number of phenolic OH excluding ortho intramolecular Hbond substituents is 1. The maximum Gasteiger partial charge on any atom is 0.246 e. The number of hydrogen-bond donors (Lipinski definition) is 12. The summed E-state index contributed by atoms with van der Waals surface area (Å²) >= 11 is 0. The number of carbonyl (C=O) groups excluding carboxylic acids is 10. The van der Waals surface area contributed by atoms with E-state index in [0.717, 1.165) is 10.8 Å². The number of primary amides is 2. The minimum Gasteiger partial charge on any atom is -0.508 e. The molecule has 16 N–H and O–H groups in total. The highest BCUT2D eigenvalue weighted by atomic mass is 33.1. The Morgan fingerprint density at radius 1 is 0.729 bits per heavy atom. The Kier molecular flexibility index (Phi) is 23.2. The lowest BCUT2D eigenvalue weighted by atomic mass is 10.0. The first-order valence-corrected chi connectivity index (χ1v) is 25.4. The predicted molar refractivity (Wildman–Crippen MR) is 260 cm³/mol. The van der Waals surface area contributed by atoms with E-state index < -0.39 is 114 Å². The Balaban J connectivity index is 1.67. The zero-order chi connectivity index (χ0) is 51.2. The Morgan fingerprint density at radius 2 is 1.33 bits per heavy atom. The van der Waals surface area contributed by atoms with Gasteiger partial charge in [0.05, 0.1) is 13.0 Å². The zero-order valence-corrected chi connectivity index (χ0v) is 40.3. The van der Waals surface area contributed by atoms with Crippen LogP contribution in [0.2, 0.25) is 0 Å². The van der Waals surface area contributed by atoms with Crippen molar-refractivity contribution in [2.75, 3.05) is 37.7 Å². The molecule has 2 aromatic rings. The zero-order valence-electron chi connectivity index (χ0n) is 38.7. The topological polar surface area (TPSA) is 382 Å². The highest BCUT2D eigenvalue weighted by molar-refractivity contribution is 8.76. The molecule has 2 saturated heterocycles. The van der Waals surface area contributed by atoms with Crippen LogP contribution in [0.3, 0.4) is 0 Å². The molecule has 0 aliphatic carbocycles. The Bertz CT molecular complexity index is 2160. The van der Waals surface area contributed by atoms with Gasteiger partial charge in [-0.3, -0.25) is 47.9 Å². The summed E-state index contributed by atoms with van der Waals surface area (Å²) in [4.78, 5) is 136. The largest absolute Gasteiger partial charge is 0.508 e. The number of likely N-dealkylation sites (tertiary alicyclic amines) is 1. The van der Waals surface area contributed by atoms with Crippen LogP contribution in [0.5, 0.6) is 5.75 Å². The van der Waals surface area contributed by atoms with Crippen molar-refractivity contribution in [2.24, 2.45) is 22.9 Å². The maximum atomic E-state index is 14.5. The van der Waals surface area contributed by atoms with E-state index >= 15 is 0 Å². The van der Waals surface area contributed by atoms with Crippen molar-refractivity contribution >= 4 is 80.7 Å². The number of benzene rings is 2. The average molecular weight is 1010 g/mol. The molecule has 7 atom stereocenters. The SMILES string of the molecule is NCCC[C@@H]1NC(=O)[C@H](Cc2ccccc2)NC(=O)[C@H](Cc2ccc(O)cc2)NC(=O)CCSSC[C@@H](C(=O)N2CCC[C@H]2C(=O)N[C@@H](CCCN)C(=O)NCC(N)=O)NC(=O)[C@H](CC(N)=O)NC1=O. The van der Waals surface area contributed by atoms with Gasteiger partial charge in [0, 0.05) is 37.3 Å². The normalized spacial score (nSPS) is 22.5. The molecule has 0 unspecified atom stereocenters. The van der Waals surface area contributed by atoms with Crippen LogP contribution in [-0.2, 0) is 60.8 Å². The van der Waals surface area contributed by atoms with Gasteiger partial charge in [0.2, 0.25) is 59.1 Å². The number of nitrogens with one attached hydrogen (secondary N) is 7. The standard InChI is InChI=1S/C45H64N12O11S2/c46-17-4-9-29(39(62)50-24-37(49)60)53-44(67)35-11-6-19-57(35)45(68)34-25-70-69-20-16-38(61)51-31(22-27-12-14-28(58)15-13-27)41(64)54-32(21-26-7-2-1-3-8-26)42(65)52-30(10-5-18-47)40(63)55-33(23-36(48)59)43(66)56-34/h1-3,7-8,12-15,29-35,58H,4-6,9-11,16-25,46-47H2,(H2,48,59)(H2,49,60)(H,50,62)(H,51,61)(H,52,65)(H,53,67)(H,54,64)(H,55,63)(H,56,66)/t29-,30-,31-,32-,33-,34-,35-/m0/s1. The Hall–Kier alpha value is -6.44. The molecule has 23 nitrogen and oxygen atoms in total. The molecule has 0 aromatic heterocycles. The van der Waals surface area contributed by atoms with E-state index in [0.29, 0.717) is 24.0 Å². The van der Waals surface area contributed by atoms with Gasteiger partial charge in [0.25, 0.3) is 0 Å². The van der Waals surface area contributed by atoms with Crippen LogP contribution < -0.4 is 60.2 Å². The fraction of sp³-hybridized carbons (Fsp3) is 0.511. The Labute approximate surface area is 413 Å². The van der Waals surface area contributed by atoms with Gasteiger partial charge in [-0.15, -0.1) is 0 Å². The third-order valence-electron chi connectivity index (χ3n) is 11.3. The van der Waals surface area contributed by atoms with E-state index in [1.54, 1.807) is 42.5 Å². The summed E-state index contributed by atoms with van der Waals surface area (Å²) in [5.41, 5.74) is 23.4. The molecule has 2 aromatic carbocycles. The molecular weight excluding hydrogens is 949 g/mol. The first-order valence-electron chi connectivity index (χ1n) is 22.9. The number of nitrogens with zero attached hydrogens (tertiary/aromatic N) is 1. The molecule has 2 heterocycles. The molecule has 0 bridgehead atoms. The summed E-state index contributed by atoms with van der Waals surface area (Å²) in [6.07, 6.45) is 0.270. The molecule has 382 valence electrons. The lowest BCUT2D eigenvalue weighted by molar-refractivity contribution is -0.142. The first kappa shape index (κ1) is 56.2. The number of phenols is 1. The number of aromatic hydroxyl groups is 1. The van der Waals surface area contributed by atoms with Crippen molar-refractivity contribution in [1.82, 2.24) is 42.1 Å². The van der Waals surface area contributed by atoms with E-state index in [-0.39, 0.29) is 81.8 Å². The van der Waals surface area contributed by atoms with Gasteiger partial charge >= 0.3 is 0 Å². The van der Waals surface area contributed by atoms with Crippen LogP contribution in [0, 0.1) is 0 Å². The summed E-state index contributed by atoms with van der Waals surface area (Å²) in [5, 5.41) is 28.2. The smallest absolute Gasteiger partial charge is 0.246 e. The highest BCUT2D eigenvalue weighted by Gasteiger charge is 2.40. The van der Waals surface area contributed by atoms with Crippen LogP contribution in [0.1, 0.15) is 62.5 Å². The van der Waals surface area contributed by atoms with Gasteiger partial charge in [-0.05, 0) is 74.9 Å². The first-order chi connectivity index (χ1) is 33.5. The number of amides is 10. The molecular formula is C45H64N12O11S2. The lowest BCUT2D eigenvalue weighted by Crippen LogP contribution is -2.61. The quantitative estimate of drug-likeness (QED) is 0.0655. The van der Waals surface area contributed by atoms with Crippen molar-refractivity contribution in [1.29, 1.82) is 0 Å². The van der Waals surface area contributed by atoms with Crippen LogP contribution in [0.25, 0.3) is 0 Å². The van der Waals surface area contributed by atoms with Crippen molar-refractivity contribution in [3.8, 4) is 5.75 Å². The molecule has 2 fully saturated rings. The second kappa shape index (κ2) is 28.9. The van der Waals surface area contributed by atoms with E-state index in [9.17, 15) is 53.1 Å². The number of nitrogens with two attached hydrogens (primary N) is 4. The lowest BCUT2D eigenvalue weighted by Gasteiger charge is -2.31. The van der Waals surface area contributed by atoms with Crippen LogP contribution in [0.15, 0.2) is 54.6 Å². The van der Waals surface area contributed by atoms with Crippen LogP contribution >= 0.6 is 21.6 Å². The second-order valence-electron chi connectivity index (χ2n) is 16.7. The number of hydrogen-bond acceptors (Lipinski definition) is 15. The fourth-order valence-electron chi connectivity index (χ4n) is 7.64. The van der Waals surface area contributed by atoms with Crippen molar-refractivity contribution in [3.05, 3.63) is 65.7 Å². The molecule has 2 aliphatic rings. The van der Waals surface area contributed by atoms with Gasteiger partial charge in [0.15, 0.2) is 0 Å². The summed E-state index contributed by atoms with van der Waals surface area (Å²) < 4.78 is 0. The molecule has 2 aliphatic heterocycles. The van der Waals surface area contributed by atoms with E-state index in [2.05, 4.69) is 37.2 Å². The van der Waals surface area contributed by atoms with Gasteiger partial charge in [-0.1, -0.05) is 64.1 Å². The molecule has 70 heavy (non-hydrogen) atoms. The fourth-order valence-corrected chi connectivity index (χ4v) is 9.78. The maximum absolute atomic E-state index is 14.5. The van der Waals surface area contributed by atoms with Gasteiger partial charge in [-0.2, -0.15) is 0 Å². The monoisotopic (exact) mass is 1010 g/mol.